The molecule has 0 fully saturated rings. The lowest BCUT2D eigenvalue weighted by Gasteiger charge is -2.02. The molecule has 0 saturated carbocycles. The average Bonchev–Trinajstić information content (AvgIpc) is 3.01. The zero-order valence-electron chi connectivity index (χ0n) is 14.2. The van der Waals surface area contributed by atoms with E-state index in [2.05, 4.69) is 20.4 Å². The highest BCUT2D eigenvalue weighted by molar-refractivity contribution is 7.17. The number of carbonyl (C=O) groups excluding carboxylic acids is 3. The minimum atomic E-state index is -0.415. The first kappa shape index (κ1) is 19.1. The molecular formula is C17H16N4O4S. The number of methoxy groups -OCH3 is 1. The van der Waals surface area contributed by atoms with Crippen molar-refractivity contribution in [3.63, 3.8) is 0 Å². The van der Waals surface area contributed by atoms with E-state index < -0.39 is 5.97 Å². The van der Waals surface area contributed by atoms with Crippen molar-refractivity contribution in [1.29, 1.82) is 5.26 Å². The first-order chi connectivity index (χ1) is 12.4. The molecule has 134 valence electrons. The van der Waals surface area contributed by atoms with E-state index in [1.807, 2.05) is 6.07 Å². The number of thiazole rings is 1. The maximum Gasteiger partial charge on any atom is 0.307 e. The van der Waals surface area contributed by atoms with Crippen LogP contribution in [0.25, 0.3) is 0 Å². The fourth-order valence-electron chi connectivity index (χ4n) is 1.99. The van der Waals surface area contributed by atoms with Gasteiger partial charge in [0.2, 0.25) is 0 Å². The fraction of sp³-hybridized carbons (Fsp3) is 0.235. The van der Waals surface area contributed by atoms with E-state index in [9.17, 15) is 14.4 Å². The summed E-state index contributed by atoms with van der Waals surface area (Å²) < 4.78 is 4.50. The minimum Gasteiger partial charge on any atom is -0.469 e. The summed E-state index contributed by atoms with van der Waals surface area (Å²) in [4.78, 5) is 39.9. The van der Waals surface area contributed by atoms with Crippen molar-refractivity contribution in [2.75, 3.05) is 19.0 Å². The molecule has 8 nitrogen and oxygen atoms in total. The molecule has 2 N–H and O–H groups in total. The maximum atomic E-state index is 12.2. The van der Waals surface area contributed by atoms with Gasteiger partial charge in [0, 0.05) is 12.1 Å². The molecule has 2 rings (SSSR count). The number of ether oxygens (including phenoxy) is 1. The van der Waals surface area contributed by atoms with Gasteiger partial charge in [0.1, 0.15) is 4.88 Å². The number of nitrogens with zero attached hydrogens (tertiary/aromatic N) is 2. The normalized spacial score (nSPS) is 9.88. The Bertz CT molecular complexity index is 868. The summed E-state index contributed by atoms with van der Waals surface area (Å²) in [5.41, 5.74) is 1.30. The Morgan fingerprint density at radius 1 is 1.23 bits per heavy atom. The van der Waals surface area contributed by atoms with Gasteiger partial charge in [-0.25, -0.2) is 4.98 Å². The Morgan fingerprint density at radius 3 is 2.54 bits per heavy atom. The standard InChI is InChI=1S/C17H16N4O4S/c1-10-14(16(24)19-8-7-13(22)25-2)26-17(20-10)21-15(23)12-5-3-11(9-18)4-6-12/h3-6H,7-8H2,1-2H3,(H,19,24)(H,20,21,23). The van der Waals surface area contributed by atoms with Crippen LogP contribution in [0, 0.1) is 18.3 Å². The van der Waals surface area contributed by atoms with E-state index in [1.165, 1.54) is 19.2 Å². The summed E-state index contributed by atoms with van der Waals surface area (Å²) >= 11 is 1.04. The van der Waals surface area contributed by atoms with Crippen LogP contribution in [0.15, 0.2) is 24.3 Å². The quantitative estimate of drug-likeness (QED) is 0.747. The molecular weight excluding hydrogens is 356 g/mol. The van der Waals surface area contributed by atoms with Gasteiger partial charge in [-0.05, 0) is 31.2 Å². The van der Waals surface area contributed by atoms with Gasteiger partial charge in [0.15, 0.2) is 5.13 Å². The molecule has 26 heavy (non-hydrogen) atoms. The zero-order valence-corrected chi connectivity index (χ0v) is 15.0. The Hall–Kier alpha value is -3.25. The second-order valence-corrected chi connectivity index (χ2v) is 6.16. The molecule has 0 aliphatic heterocycles. The Balaban J connectivity index is 2.00. The number of anilines is 1. The molecule has 0 saturated heterocycles. The highest BCUT2D eigenvalue weighted by atomic mass is 32.1. The van der Waals surface area contributed by atoms with Crippen LogP contribution in [0.2, 0.25) is 0 Å². The van der Waals surface area contributed by atoms with E-state index in [4.69, 9.17) is 5.26 Å². The smallest absolute Gasteiger partial charge is 0.307 e. The fourth-order valence-corrected chi connectivity index (χ4v) is 2.86. The van der Waals surface area contributed by atoms with Crippen LogP contribution < -0.4 is 10.6 Å². The van der Waals surface area contributed by atoms with E-state index in [-0.39, 0.29) is 29.9 Å². The average molecular weight is 372 g/mol. The van der Waals surface area contributed by atoms with Gasteiger partial charge in [-0.1, -0.05) is 11.3 Å². The van der Waals surface area contributed by atoms with Gasteiger partial charge in [-0.2, -0.15) is 5.26 Å². The van der Waals surface area contributed by atoms with Crippen LogP contribution in [-0.4, -0.2) is 36.4 Å². The Kier molecular flexibility index (Phi) is 6.41. The summed E-state index contributed by atoms with van der Waals surface area (Å²) in [6, 6.07) is 8.14. The van der Waals surface area contributed by atoms with E-state index in [0.717, 1.165) is 11.3 Å². The number of aromatic nitrogens is 1. The highest BCUT2D eigenvalue weighted by Crippen LogP contribution is 2.23. The highest BCUT2D eigenvalue weighted by Gasteiger charge is 2.17. The minimum absolute atomic E-state index is 0.0718. The predicted octanol–water partition coefficient (Wildman–Crippen LogP) is 1.87. The number of hydrogen-bond acceptors (Lipinski definition) is 7. The van der Waals surface area contributed by atoms with Crippen LogP contribution in [0.1, 0.15) is 37.7 Å². The number of rotatable bonds is 6. The SMILES string of the molecule is COC(=O)CCNC(=O)c1sc(NC(=O)c2ccc(C#N)cc2)nc1C. The molecule has 1 heterocycles. The van der Waals surface area contributed by atoms with Gasteiger partial charge in [-0.15, -0.1) is 0 Å². The molecule has 9 heteroatoms. The number of aryl methyl sites for hydroxylation is 1. The predicted molar refractivity (Wildman–Crippen MR) is 94.9 cm³/mol. The number of hydrogen-bond donors (Lipinski definition) is 2. The first-order valence-electron chi connectivity index (χ1n) is 7.58. The van der Waals surface area contributed by atoms with Gasteiger partial charge < -0.3 is 10.1 Å². The van der Waals surface area contributed by atoms with Crippen LogP contribution in [-0.2, 0) is 9.53 Å². The molecule has 0 aliphatic carbocycles. The van der Waals surface area contributed by atoms with Gasteiger partial charge >= 0.3 is 5.97 Å². The van der Waals surface area contributed by atoms with E-state index >= 15 is 0 Å². The molecule has 0 spiro atoms. The van der Waals surface area contributed by atoms with Gasteiger partial charge in [0.05, 0.1) is 30.9 Å². The summed E-state index contributed by atoms with van der Waals surface area (Å²) in [6.07, 6.45) is 0.0718. The Morgan fingerprint density at radius 2 is 1.92 bits per heavy atom. The third-order valence-electron chi connectivity index (χ3n) is 3.34. The third kappa shape index (κ3) is 4.87. The molecule has 1 aromatic heterocycles. The zero-order chi connectivity index (χ0) is 19.1. The topological polar surface area (TPSA) is 121 Å². The van der Waals surface area contributed by atoms with Crippen LogP contribution in [0.4, 0.5) is 5.13 Å². The van der Waals surface area contributed by atoms with Crippen LogP contribution in [0.5, 0.6) is 0 Å². The number of benzene rings is 1. The largest absolute Gasteiger partial charge is 0.469 e. The van der Waals surface area contributed by atoms with Crippen LogP contribution >= 0.6 is 11.3 Å². The van der Waals surface area contributed by atoms with Crippen molar-refractivity contribution < 1.29 is 19.1 Å². The number of nitrogens with one attached hydrogen (secondary N) is 2. The molecule has 1 aromatic carbocycles. The van der Waals surface area contributed by atoms with Crippen molar-refractivity contribution >= 4 is 34.3 Å². The summed E-state index contributed by atoms with van der Waals surface area (Å²) in [6.45, 7) is 1.80. The molecule has 0 atom stereocenters. The van der Waals surface area contributed by atoms with Crippen molar-refractivity contribution in [2.45, 2.75) is 13.3 Å². The summed E-state index contributed by atoms with van der Waals surface area (Å²) in [5.74, 6) is -1.18. The maximum absolute atomic E-state index is 12.2. The second-order valence-electron chi connectivity index (χ2n) is 5.16. The number of amides is 2. The first-order valence-corrected chi connectivity index (χ1v) is 8.40. The molecule has 0 radical (unpaired) electrons. The number of nitriles is 1. The lowest BCUT2D eigenvalue weighted by Crippen LogP contribution is -2.26. The van der Waals surface area contributed by atoms with E-state index in [1.54, 1.807) is 19.1 Å². The van der Waals surface area contributed by atoms with Crippen molar-refractivity contribution in [2.24, 2.45) is 0 Å². The van der Waals surface area contributed by atoms with Crippen LogP contribution in [0.3, 0.4) is 0 Å². The Labute approximate surface area is 153 Å². The lowest BCUT2D eigenvalue weighted by atomic mass is 10.1. The van der Waals surface area contributed by atoms with E-state index in [0.29, 0.717) is 21.7 Å². The lowest BCUT2D eigenvalue weighted by molar-refractivity contribution is -0.140. The molecule has 2 aromatic rings. The summed E-state index contributed by atoms with van der Waals surface area (Å²) in [7, 11) is 1.28. The van der Waals surface area contributed by atoms with Crippen molar-refractivity contribution in [3.05, 3.63) is 46.0 Å². The van der Waals surface area contributed by atoms with Gasteiger partial charge in [-0.3, -0.25) is 19.7 Å². The second kappa shape index (κ2) is 8.73. The molecule has 2 amide bonds. The number of esters is 1. The number of carbonyl (C=O) groups is 3. The molecule has 0 bridgehead atoms. The molecule has 0 unspecified atom stereocenters. The van der Waals surface area contributed by atoms with Gasteiger partial charge in [0.25, 0.3) is 11.8 Å². The molecule has 0 aliphatic rings. The van der Waals surface area contributed by atoms with Crippen molar-refractivity contribution in [1.82, 2.24) is 10.3 Å². The summed E-state index contributed by atoms with van der Waals surface area (Å²) in [5, 5.41) is 14.3. The van der Waals surface area contributed by atoms with Crippen molar-refractivity contribution in [3.8, 4) is 6.07 Å². The monoisotopic (exact) mass is 372 g/mol. The third-order valence-corrected chi connectivity index (χ3v) is 4.41.